The lowest BCUT2D eigenvalue weighted by Crippen LogP contribution is -2.30. The molecule has 3 heteroatoms. The van der Waals surface area contributed by atoms with Crippen LogP contribution in [-0.4, -0.2) is 17.6 Å². The van der Waals surface area contributed by atoms with E-state index in [2.05, 4.69) is 13.8 Å². The number of anilines is 1. The summed E-state index contributed by atoms with van der Waals surface area (Å²) in [4.78, 5) is 14.6. The number of amides is 1. The first-order valence-electron chi connectivity index (χ1n) is 7.49. The summed E-state index contributed by atoms with van der Waals surface area (Å²) >= 11 is 0. The van der Waals surface area contributed by atoms with Gasteiger partial charge in [0.15, 0.2) is 0 Å². The van der Waals surface area contributed by atoms with Gasteiger partial charge in [-0.25, -0.2) is 0 Å². The standard InChI is InChI=1S/C19H19NO2/c1-13(2)12-20-17-9-5-4-8-15(17)16(19(20)22)11-14-7-3-6-10-18(14)21/h3-11,13,21H,12H2,1-2H3/b16-11-. The van der Waals surface area contributed by atoms with Gasteiger partial charge in [0.25, 0.3) is 5.91 Å². The lowest BCUT2D eigenvalue weighted by atomic mass is 10.0. The largest absolute Gasteiger partial charge is 0.507 e. The summed E-state index contributed by atoms with van der Waals surface area (Å²) in [5, 5.41) is 9.95. The van der Waals surface area contributed by atoms with Gasteiger partial charge in [0.05, 0.1) is 5.69 Å². The molecule has 0 unspecified atom stereocenters. The topological polar surface area (TPSA) is 40.5 Å². The fourth-order valence-corrected chi connectivity index (χ4v) is 2.76. The summed E-state index contributed by atoms with van der Waals surface area (Å²) in [6.07, 6.45) is 1.77. The van der Waals surface area contributed by atoms with E-state index in [1.165, 1.54) is 0 Å². The van der Waals surface area contributed by atoms with E-state index in [4.69, 9.17) is 0 Å². The van der Waals surface area contributed by atoms with E-state index in [9.17, 15) is 9.90 Å². The van der Waals surface area contributed by atoms with E-state index in [0.29, 0.717) is 23.6 Å². The highest BCUT2D eigenvalue weighted by Crippen LogP contribution is 2.38. The molecule has 3 rings (SSSR count). The molecular formula is C19H19NO2. The van der Waals surface area contributed by atoms with Crippen molar-refractivity contribution in [1.29, 1.82) is 0 Å². The zero-order chi connectivity index (χ0) is 15.7. The minimum atomic E-state index is -0.00171. The fraction of sp³-hybridized carbons (Fsp3) is 0.211. The SMILES string of the molecule is CC(C)CN1C(=O)/C(=C\c2ccccc2O)c2ccccc21. The molecule has 0 spiro atoms. The predicted molar refractivity (Wildman–Crippen MR) is 89.6 cm³/mol. The number of aromatic hydroxyl groups is 1. The molecule has 0 saturated carbocycles. The molecule has 0 bridgehead atoms. The number of carbonyl (C=O) groups excluding carboxylic acids is 1. The molecule has 2 aromatic rings. The Morgan fingerprint density at radius 2 is 1.77 bits per heavy atom. The van der Waals surface area contributed by atoms with Crippen LogP contribution in [0.25, 0.3) is 11.6 Å². The van der Waals surface area contributed by atoms with Crippen LogP contribution in [0.1, 0.15) is 25.0 Å². The Kier molecular flexibility index (Phi) is 3.72. The molecule has 1 aliphatic rings. The maximum absolute atomic E-state index is 12.8. The zero-order valence-corrected chi connectivity index (χ0v) is 12.8. The van der Waals surface area contributed by atoms with Crippen LogP contribution in [0.4, 0.5) is 5.69 Å². The summed E-state index contributed by atoms with van der Waals surface area (Å²) in [6, 6.07) is 14.9. The molecule has 1 aliphatic heterocycles. The summed E-state index contributed by atoms with van der Waals surface area (Å²) in [7, 11) is 0. The highest BCUT2D eigenvalue weighted by atomic mass is 16.3. The number of phenolic OH excluding ortho intramolecular Hbond substituents is 1. The average molecular weight is 293 g/mol. The van der Waals surface area contributed by atoms with Gasteiger partial charge >= 0.3 is 0 Å². The molecule has 0 aliphatic carbocycles. The van der Waals surface area contributed by atoms with Crippen molar-refractivity contribution in [2.75, 3.05) is 11.4 Å². The third-order valence-electron chi connectivity index (χ3n) is 3.74. The minimum absolute atomic E-state index is 0.00171. The van der Waals surface area contributed by atoms with Crippen LogP contribution >= 0.6 is 0 Å². The second-order valence-electron chi connectivity index (χ2n) is 5.94. The molecule has 22 heavy (non-hydrogen) atoms. The van der Waals surface area contributed by atoms with E-state index >= 15 is 0 Å². The van der Waals surface area contributed by atoms with Crippen molar-refractivity contribution in [3.05, 3.63) is 59.7 Å². The molecule has 2 aromatic carbocycles. The van der Waals surface area contributed by atoms with Gasteiger partial charge in [-0.3, -0.25) is 4.79 Å². The van der Waals surface area contributed by atoms with Crippen molar-refractivity contribution in [3.63, 3.8) is 0 Å². The van der Waals surface area contributed by atoms with Gasteiger partial charge in [-0.2, -0.15) is 0 Å². The van der Waals surface area contributed by atoms with Crippen molar-refractivity contribution in [1.82, 2.24) is 0 Å². The van der Waals surface area contributed by atoms with Gasteiger partial charge in [0, 0.05) is 23.2 Å². The number of para-hydroxylation sites is 2. The van der Waals surface area contributed by atoms with Gasteiger partial charge in [-0.05, 0) is 24.1 Å². The molecule has 0 atom stereocenters. The summed E-state index contributed by atoms with van der Waals surface area (Å²) in [5.74, 6) is 0.572. The van der Waals surface area contributed by atoms with E-state index in [0.717, 1.165) is 11.3 Å². The fourth-order valence-electron chi connectivity index (χ4n) is 2.76. The van der Waals surface area contributed by atoms with Gasteiger partial charge < -0.3 is 10.0 Å². The van der Waals surface area contributed by atoms with Crippen molar-refractivity contribution in [2.24, 2.45) is 5.92 Å². The molecule has 1 amide bonds. The van der Waals surface area contributed by atoms with Crippen molar-refractivity contribution >= 4 is 23.2 Å². The number of hydrogen-bond acceptors (Lipinski definition) is 2. The number of nitrogens with zero attached hydrogens (tertiary/aromatic N) is 1. The molecule has 1 heterocycles. The first-order valence-corrected chi connectivity index (χ1v) is 7.49. The van der Waals surface area contributed by atoms with Crippen LogP contribution in [0.2, 0.25) is 0 Å². The van der Waals surface area contributed by atoms with Crippen molar-refractivity contribution in [2.45, 2.75) is 13.8 Å². The molecule has 1 N–H and O–H groups in total. The van der Waals surface area contributed by atoms with Gasteiger partial charge in [0.1, 0.15) is 5.75 Å². The second-order valence-corrected chi connectivity index (χ2v) is 5.94. The van der Waals surface area contributed by atoms with Crippen molar-refractivity contribution < 1.29 is 9.90 Å². The lowest BCUT2D eigenvalue weighted by molar-refractivity contribution is -0.113. The Balaban J connectivity index is 2.10. The lowest BCUT2D eigenvalue weighted by Gasteiger charge is -2.19. The summed E-state index contributed by atoms with van der Waals surface area (Å²) < 4.78 is 0. The van der Waals surface area contributed by atoms with Crippen LogP contribution in [-0.2, 0) is 4.79 Å². The number of rotatable bonds is 3. The number of hydrogen-bond donors (Lipinski definition) is 1. The third-order valence-corrected chi connectivity index (χ3v) is 3.74. The average Bonchev–Trinajstić information content (AvgIpc) is 2.75. The molecule has 0 aromatic heterocycles. The molecule has 0 saturated heterocycles. The predicted octanol–water partition coefficient (Wildman–Crippen LogP) is 3.94. The molecule has 3 nitrogen and oxygen atoms in total. The Morgan fingerprint density at radius 3 is 2.50 bits per heavy atom. The smallest absolute Gasteiger partial charge is 0.259 e. The first-order chi connectivity index (χ1) is 10.6. The summed E-state index contributed by atoms with van der Waals surface area (Å²) in [5.41, 5.74) is 3.17. The van der Waals surface area contributed by atoms with E-state index < -0.39 is 0 Å². The Labute approximate surface area is 130 Å². The van der Waals surface area contributed by atoms with Crippen LogP contribution in [0.5, 0.6) is 5.75 Å². The minimum Gasteiger partial charge on any atom is -0.507 e. The first kappa shape index (κ1) is 14.4. The number of carbonyl (C=O) groups is 1. The van der Waals surface area contributed by atoms with Gasteiger partial charge in [-0.1, -0.05) is 50.2 Å². The monoisotopic (exact) mass is 293 g/mol. The van der Waals surface area contributed by atoms with Crippen LogP contribution in [0.15, 0.2) is 48.5 Å². The maximum Gasteiger partial charge on any atom is 0.259 e. The quantitative estimate of drug-likeness (QED) is 0.871. The van der Waals surface area contributed by atoms with Crippen LogP contribution < -0.4 is 4.90 Å². The Hall–Kier alpha value is -2.55. The number of phenols is 1. The molecule has 0 radical (unpaired) electrons. The van der Waals surface area contributed by atoms with Gasteiger partial charge in [0.2, 0.25) is 0 Å². The van der Waals surface area contributed by atoms with Crippen LogP contribution in [0.3, 0.4) is 0 Å². The third kappa shape index (κ3) is 2.50. The zero-order valence-electron chi connectivity index (χ0n) is 12.8. The van der Waals surface area contributed by atoms with Gasteiger partial charge in [-0.15, -0.1) is 0 Å². The van der Waals surface area contributed by atoms with E-state index in [1.807, 2.05) is 41.3 Å². The van der Waals surface area contributed by atoms with E-state index in [-0.39, 0.29) is 11.7 Å². The normalized spacial score (nSPS) is 15.7. The number of fused-ring (bicyclic) bond motifs is 1. The molecule has 0 fully saturated rings. The number of benzene rings is 2. The van der Waals surface area contributed by atoms with Crippen molar-refractivity contribution in [3.8, 4) is 5.75 Å². The molecule has 112 valence electrons. The highest BCUT2D eigenvalue weighted by Gasteiger charge is 2.32. The maximum atomic E-state index is 12.8. The summed E-state index contributed by atoms with van der Waals surface area (Å²) in [6.45, 7) is 4.88. The highest BCUT2D eigenvalue weighted by molar-refractivity contribution is 6.35. The second kappa shape index (κ2) is 5.68. The Bertz CT molecular complexity index is 747. The van der Waals surface area contributed by atoms with E-state index in [1.54, 1.807) is 18.2 Å². The van der Waals surface area contributed by atoms with Crippen LogP contribution in [0, 0.1) is 5.92 Å². The molecular weight excluding hydrogens is 274 g/mol. The Morgan fingerprint density at radius 1 is 1.09 bits per heavy atom.